The Balaban J connectivity index is 1.21. The number of carbonyl (C=O) groups is 1. The highest BCUT2D eigenvalue weighted by atomic mass is 19.1. The number of rotatable bonds is 7. The first-order chi connectivity index (χ1) is 17.5. The maximum atomic E-state index is 13.1. The highest BCUT2D eigenvalue weighted by molar-refractivity contribution is 5.94. The molecule has 2 aromatic heterocycles. The van der Waals surface area contributed by atoms with Crippen molar-refractivity contribution < 1.29 is 18.3 Å². The first-order valence-corrected chi connectivity index (χ1v) is 11.2. The molecule has 1 amide bonds. The maximum absolute atomic E-state index is 13.1. The van der Waals surface area contributed by atoms with Crippen molar-refractivity contribution in [2.75, 3.05) is 0 Å². The van der Waals surface area contributed by atoms with Crippen LogP contribution in [0.25, 0.3) is 22.9 Å². The summed E-state index contributed by atoms with van der Waals surface area (Å²) in [7, 11) is 0. The van der Waals surface area contributed by atoms with E-state index in [4.69, 9.17) is 9.15 Å². The van der Waals surface area contributed by atoms with Crippen molar-refractivity contribution in [3.63, 3.8) is 0 Å². The summed E-state index contributed by atoms with van der Waals surface area (Å²) in [5.74, 6) is 1.07. The number of ether oxygens (including phenoxy) is 1. The summed E-state index contributed by atoms with van der Waals surface area (Å²) in [6, 6.07) is 23.9. The van der Waals surface area contributed by atoms with Crippen molar-refractivity contribution in [3.8, 4) is 34.5 Å². The van der Waals surface area contributed by atoms with Crippen molar-refractivity contribution >= 4 is 5.91 Å². The third kappa shape index (κ3) is 5.28. The summed E-state index contributed by atoms with van der Waals surface area (Å²) < 4.78 is 24.6. The number of pyridine rings is 1. The Morgan fingerprint density at radius 1 is 0.944 bits per heavy atom. The topological polar surface area (TPSA) is 90.1 Å². The van der Waals surface area contributed by atoms with E-state index in [0.717, 1.165) is 22.3 Å². The standard InChI is InChI=1S/C28H21FN4O3/c1-18-4-2-3-5-24(18)28-33-32-27(36-28)21-8-6-20(7-9-21)26(34)31-17-19-14-15-30-25(16-19)35-23-12-10-22(29)11-13-23/h2-16H,17H2,1H3,(H,31,34). The van der Waals surface area contributed by atoms with E-state index in [-0.39, 0.29) is 18.3 Å². The molecule has 0 aliphatic rings. The van der Waals surface area contributed by atoms with Crippen molar-refractivity contribution in [2.24, 2.45) is 0 Å². The number of carbonyl (C=O) groups excluding carboxylic acids is 1. The molecule has 0 saturated carbocycles. The average Bonchev–Trinajstić information content (AvgIpc) is 3.39. The van der Waals surface area contributed by atoms with E-state index in [1.807, 2.05) is 31.2 Å². The fourth-order valence-corrected chi connectivity index (χ4v) is 3.55. The van der Waals surface area contributed by atoms with Crippen LogP contribution in [0.3, 0.4) is 0 Å². The van der Waals surface area contributed by atoms with Crippen LogP contribution in [-0.2, 0) is 6.54 Å². The van der Waals surface area contributed by atoms with Crippen LogP contribution in [0.1, 0.15) is 21.5 Å². The lowest BCUT2D eigenvalue weighted by molar-refractivity contribution is 0.0951. The largest absolute Gasteiger partial charge is 0.439 e. The number of aromatic nitrogens is 3. The molecule has 1 N–H and O–H groups in total. The molecule has 0 aliphatic carbocycles. The number of hydrogen-bond acceptors (Lipinski definition) is 6. The van der Waals surface area contributed by atoms with E-state index in [9.17, 15) is 9.18 Å². The van der Waals surface area contributed by atoms with Crippen LogP contribution in [0, 0.1) is 12.7 Å². The second-order valence-electron chi connectivity index (χ2n) is 8.05. The molecule has 0 bridgehead atoms. The van der Waals surface area contributed by atoms with Gasteiger partial charge in [-0.15, -0.1) is 10.2 Å². The van der Waals surface area contributed by atoms with Gasteiger partial charge >= 0.3 is 0 Å². The zero-order valence-corrected chi connectivity index (χ0v) is 19.3. The van der Waals surface area contributed by atoms with Crippen LogP contribution in [0.2, 0.25) is 0 Å². The summed E-state index contributed by atoms with van der Waals surface area (Å²) in [5, 5.41) is 11.2. The maximum Gasteiger partial charge on any atom is 0.251 e. The zero-order valence-electron chi connectivity index (χ0n) is 19.3. The van der Waals surface area contributed by atoms with Gasteiger partial charge in [0.1, 0.15) is 11.6 Å². The van der Waals surface area contributed by atoms with Gasteiger partial charge in [-0.2, -0.15) is 0 Å². The van der Waals surface area contributed by atoms with E-state index in [0.29, 0.717) is 29.0 Å². The van der Waals surface area contributed by atoms with Gasteiger partial charge in [0.05, 0.1) is 0 Å². The molecule has 178 valence electrons. The number of aryl methyl sites for hydroxylation is 1. The predicted molar refractivity (Wildman–Crippen MR) is 132 cm³/mol. The molecule has 7 nitrogen and oxygen atoms in total. The Morgan fingerprint density at radius 2 is 1.69 bits per heavy atom. The second kappa shape index (κ2) is 10.2. The Hall–Kier alpha value is -4.85. The lowest BCUT2D eigenvalue weighted by atomic mass is 10.1. The molecule has 0 radical (unpaired) electrons. The third-order valence-corrected chi connectivity index (χ3v) is 5.48. The average molecular weight is 480 g/mol. The molecule has 8 heteroatoms. The van der Waals surface area contributed by atoms with E-state index in [2.05, 4.69) is 20.5 Å². The summed E-state index contributed by atoms with van der Waals surface area (Å²) in [6.45, 7) is 2.27. The predicted octanol–water partition coefficient (Wildman–Crippen LogP) is 5.97. The lowest BCUT2D eigenvalue weighted by Gasteiger charge is -2.08. The Morgan fingerprint density at radius 3 is 2.47 bits per heavy atom. The van der Waals surface area contributed by atoms with Gasteiger partial charge in [0.2, 0.25) is 17.7 Å². The first-order valence-electron chi connectivity index (χ1n) is 11.2. The summed E-state index contributed by atoms with van der Waals surface area (Å²) in [4.78, 5) is 16.8. The van der Waals surface area contributed by atoms with Crippen molar-refractivity contribution in [2.45, 2.75) is 13.5 Å². The van der Waals surface area contributed by atoms with Crippen LogP contribution in [0.5, 0.6) is 11.6 Å². The van der Waals surface area contributed by atoms with Crippen LogP contribution in [0.15, 0.2) is 95.5 Å². The number of halogens is 1. The molecule has 5 aromatic rings. The van der Waals surface area contributed by atoms with Gasteiger partial charge in [0.15, 0.2) is 0 Å². The molecule has 3 aromatic carbocycles. The van der Waals surface area contributed by atoms with Crippen LogP contribution >= 0.6 is 0 Å². The number of amides is 1. The second-order valence-corrected chi connectivity index (χ2v) is 8.05. The van der Waals surface area contributed by atoms with Crippen LogP contribution < -0.4 is 10.1 Å². The van der Waals surface area contributed by atoms with E-state index in [1.165, 1.54) is 24.3 Å². The smallest absolute Gasteiger partial charge is 0.251 e. The quantitative estimate of drug-likeness (QED) is 0.309. The third-order valence-electron chi connectivity index (χ3n) is 5.48. The zero-order chi connectivity index (χ0) is 24.9. The Bertz CT molecular complexity index is 1500. The normalized spacial score (nSPS) is 10.7. The molecule has 0 fully saturated rings. The van der Waals surface area contributed by atoms with Gasteiger partial charge < -0.3 is 14.5 Å². The van der Waals surface area contributed by atoms with Gasteiger partial charge in [0, 0.05) is 35.5 Å². The highest BCUT2D eigenvalue weighted by Crippen LogP contribution is 2.26. The molecule has 0 aliphatic heterocycles. The molecule has 0 spiro atoms. The molecule has 36 heavy (non-hydrogen) atoms. The minimum atomic E-state index is -0.344. The van der Waals surface area contributed by atoms with E-state index in [1.54, 1.807) is 42.6 Å². The fourth-order valence-electron chi connectivity index (χ4n) is 3.55. The number of benzene rings is 3. The number of hydrogen-bond donors (Lipinski definition) is 1. The molecule has 0 saturated heterocycles. The number of nitrogens with zero attached hydrogens (tertiary/aromatic N) is 3. The minimum Gasteiger partial charge on any atom is -0.439 e. The summed E-state index contributed by atoms with van der Waals surface area (Å²) in [6.07, 6.45) is 1.59. The summed E-state index contributed by atoms with van der Waals surface area (Å²) in [5.41, 5.74) is 3.95. The Kier molecular flexibility index (Phi) is 6.48. The minimum absolute atomic E-state index is 0.231. The van der Waals surface area contributed by atoms with Gasteiger partial charge in [-0.25, -0.2) is 9.37 Å². The molecule has 0 atom stereocenters. The van der Waals surface area contributed by atoms with Crippen molar-refractivity contribution in [3.05, 3.63) is 114 Å². The van der Waals surface area contributed by atoms with Crippen LogP contribution in [-0.4, -0.2) is 21.1 Å². The first kappa shape index (κ1) is 22.9. The Labute approximate surface area is 206 Å². The van der Waals surface area contributed by atoms with E-state index < -0.39 is 0 Å². The molecule has 0 unspecified atom stereocenters. The molecule has 5 rings (SSSR count). The molecule has 2 heterocycles. The van der Waals surface area contributed by atoms with Crippen molar-refractivity contribution in [1.82, 2.24) is 20.5 Å². The lowest BCUT2D eigenvalue weighted by Crippen LogP contribution is -2.22. The van der Waals surface area contributed by atoms with Gasteiger partial charge in [0.25, 0.3) is 5.91 Å². The molecular formula is C28H21FN4O3. The van der Waals surface area contributed by atoms with E-state index >= 15 is 0 Å². The van der Waals surface area contributed by atoms with Gasteiger partial charge in [-0.05, 0) is 78.7 Å². The van der Waals surface area contributed by atoms with Crippen molar-refractivity contribution in [1.29, 1.82) is 0 Å². The highest BCUT2D eigenvalue weighted by Gasteiger charge is 2.13. The monoisotopic (exact) mass is 480 g/mol. The number of nitrogens with one attached hydrogen (secondary N) is 1. The summed E-state index contributed by atoms with van der Waals surface area (Å²) >= 11 is 0. The SMILES string of the molecule is Cc1ccccc1-c1nnc(-c2ccc(C(=O)NCc3ccnc(Oc4ccc(F)cc4)c3)cc2)o1. The van der Waals surface area contributed by atoms with Gasteiger partial charge in [-0.1, -0.05) is 18.2 Å². The van der Waals surface area contributed by atoms with Crippen LogP contribution in [0.4, 0.5) is 4.39 Å². The van der Waals surface area contributed by atoms with Gasteiger partial charge in [-0.3, -0.25) is 4.79 Å². The molecular weight excluding hydrogens is 459 g/mol. The fraction of sp³-hybridized carbons (Fsp3) is 0.0714.